The molecule has 3 saturated carbocycles. The number of nitrogens with zero attached hydrogens (tertiary/aromatic N) is 5. The molecule has 218 valence electrons. The smallest absolute Gasteiger partial charge is 0.388 e. The van der Waals surface area contributed by atoms with Gasteiger partial charge in [0.25, 0.3) is 5.91 Å². The first-order valence-corrected chi connectivity index (χ1v) is 14.8. The molecule has 2 atom stereocenters. The SMILES string of the molecule is Cn1nc(OC(F)F)cc1Nc1nncn1[C@H]1CCc2sc(CC(=O)C3CC(F)C3)c(C(=O)N[C@H]3CC34CC4)c2C1. The lowest BCUT2D eigenvalue weighted by molar-refractivity contribution is -0.126. The van der Waals surface area contributed by atoms with E-state index in [1.165, 1.54) is 22.1 Å². The van der Waals surface area contributed by atoms with Crippen LogP contribution in [-0.2, 0) is 31.1 Å². The summed E-state index contributed by atoms with van der Waals surface area (Å²) < 4.78 is 46.4. The van der Waals surface area contributed by atoms with Gasteiger partial charge < -0.3 is 15.4 Å². The van der Waals surface area contributed by atoms with E-state index in [9.17, 15) is 22.8 Å². The Balaban J connectivity index is 1.13. The lowest BCUT2D eigenvalue weighted by Gasteiger charge is -2.28. The molecular weight excluding hydrogens is 559 g/mol. The average Bonchev–Trinajstić information content (AvgIpc) is 3.62. The lowest BCUT2D eigenvalue weighted by Crippen LogP contribution is -2.33. The number of alkyl halides is 3. The van der Waals surface area contributed by atoms with Crippen LogP contribution in [0, 0.1) is 11.3 Å². The number of thiophene rings is 1. The van der Waals surface area contributed by atoms with Gasteiger partial charge in [-0.3, -0.25) is 14.2 Å². The maximum Gasteiger partial charge on any atom is 0.388 e. The van der Waals surface area contributed by atoms with E-state index in [1.54, 1.807) is 13.4 Å². The number of hydrogen-bond acceptors (Lipinski definition) is 8. The van der Waals surface area contributed by atoms with E-state index >= 15 is 0 Å². The topological polar surface area (TPSA) is 116 Å². The predicted molar refractivity (Wildman–Crippen MR) is 142 cm³/mol. The molecule has 3 heterocycles. The quantitative estimate of drug-likeness (QED) is 0.363. The molecule has 10 nitrogen and oxygen atoms in total. The van der Waals surface area contributed by atoms with E-state index in [4.69, 9.17) is 0 Å². The Morgan fingerprint density at radius 2 is 2.10 bits per heavy atom. The van der Waals surface area contributed by atoms with Crippen LogP contribution < -0.4 is 15.4 Å². The molecule has 14 heteroatoms. The number of ether oxygens (including phenoxy) is 1. The highest BCUT2D eigenvalue weighted by atomic mass is 32.1. The average molecular weight is 590 g/mol. The fourth-order valence-corrected chi connectivity index (χ4v) is 7.64. The van der Waals surface area contributed by atoms with Gasteiger partial charge in [-0.15, -0.1) is 26.6 Å². The van der Waals surface area contributed by atoms with Crippen molar-refractivity contribution in [1.29, 1.82) is 0 Å². The summed E-state index contributed by atoms with van der Waals surface area (Å²) in [7, 11) is 1.59. The lowest BCUT2D eigenvalue weighted by atomic mass is 9.79. The van der Waals surface area contributed by atoms with E-state index < -0.39 is 12.8 Å². The molecular formula is C27H30F3N7O3S. The van der Waals surface area contributed by atoms with Crippen molar-refractivity contribution in [2.24, 2.45) is 18.4 Å². The van der Waals surface area contributed by atoms with Gasteiger partial charge in [0.15, 0.2) is 0 Å². The Bertz CT molecular complexity index is 1510. The van der Waals surface area contributed by atoms with E-state index in [-0.39, 0.29) is 54.8 Å². The molecule has 7 rings (SSSR count). The molecule has 3 fully saturated rings. The second kappa shape index (κ2) is 9.85. The number of aromatic nitrogens is 5. The van der Waals surface area contributed by atoms with Gasteiger partial charge in [0.05, 0.1) is 5.56 Å². The Labute approximate surface area is 237 Å². The second-order valence-corrected chi connectivity index (χ2v) is 12.9. The molecule has 4 aliphatic carbocycles. The van der Waals surface area contributed by atoms with Gasteiger partial charge >= 0.3 is 6.61 Å². The standard InChI is InChI=1S/C27H30F3N7O3S/c1-36-21(10-22(35-36)40-25(29)30)33-26-34-31-12-37(26)15-2-3-18-16(8-15)23(24(39)32-20-11-27(20)4-5-27)19(41-18)9-17(38)13-6-14(28)7-13/h10,12-15,20,25H,2-9,11H2,1H3,(H,32,39)(H,33,34)/t13?,14?,15-,20-/m0/s1. The molecule has 0 saturated heterocycles. The maximum absolute atomic E-state index is 13.7. The number of carbonyl (C=O) groups is 2. The van der Waals surface area contributed by atoms with E-state index in [0.717, 1.165) is 47.4 Å². The van der Waals surface area contributed by atoms with Crippen LogP contribution in [0.4, 0.5) is 24.9 Å². The number of rotatable bonds is 10. The molecule has 0 bridgehead atoms. The predicted octanol–water partition coefficient (Wildman–Crippen LogP) is 4.29. The van der Waals surface area contributed by atoms with Crippen LogP contribution in [0.5, 0.6) is 5.88 Å². The van der Waals surface area contributed by atoms with Gasteiger partial charge in [-0.2, -0.15) is 8.78 Å². The molecule has 3 aromatic heterocycles. The van der Waals surface area contributed by atoms with Crippen molar-refractivity contribution in [2.45, 2.75) is 82.7 Å². The highest BCUT2D eigenvalue weighted by Crippen LogP contribution is 2.66. The Kier molecular flexibility index (Phi) is 6.36. The first-order chi connectivity index (χ1) is 19.7. The normalized spacial score (nSPS) is 25.5. The van der Waals surface area contributed by atoms with Crippen LogP contribution in [0.2, 0.25) is 0 Å². The molecule has 41 heavy (non-hydrogen) atoms. The highest BCUT2D eigenvalue weighted by molar-refractivity contribution is 7.12. The summed E-state index contributed by atoms with van der Waals surface area (Å²) in [4.78, 5) is 28.5. The third-order valence-corrected chi connectivity index (χ3v) is 10.4. The molecule has 0 radical (unpaired) electrons. The van der Waals surface area contributed by atoms with Crippen LogP contribution in [0.15, 0.2) is 12.4 Å². The fraction of sp³-hybridized carbons (Fsp3) is 0.593. The van der Waals surface area contributed by atoms with Gasteiger partial charge in [-0.25, -0.2) is 9.07 Å². The Hall–Kier alpha value is -3.42. The number of halogens is 3. The van der Waals surface area contributed by atoms with Crippen LogP contribution in [0.1, 0.15) is 70.2 Å². The zero-order valence-electron chi connectivity index (χ0n) is 22.4. The largest absolute Gasteiger partial charge is 0.415 e. The molecule has 0 unspecified atom stereocenters. The van der Waals surface area contributed by atoms with Crippen molar-refractivity contribution < 1.29 is 27.5 Å². The van der Waals surface area contributed by atoms with Crippen LogP contribution in [-0.4, -0.2) is 55.1 Å². The number of ketones is 1. The van der Waals surface area contributed by atoms with Crippen molar-refractivity contribution in [3.63, 3.8) is 0 Å². The second-order valence-electron chi connectivity index (χ2n) is 11.8. The minimum Gasteiger partial charge on any atom is -0.415 e. The minimum atomic E-state index is -2.99. The third kappa shape index (κ3) is 4.99. The summed E-state index contributed by atoms with van der Waals surface area (Å²) in [6.45, 7) is -2.99. The summed E-state index contributed by atoms with van der Waals surface area (Å²) in [5, 5.41) is 18.5. The molecule has 2 N–H and O–H groups in total. The van der Waals surface area contributed by atoms with Gasteiger partial charge in [-0.05, 0) is 62.3 Å². The van der Waals surface area contributed by atoms with Crippen LogP contribution in [0.25, 0.3) is 0 Å². The molecule has 3 aromatic rings. The van der Waals surface area contributed by atoms with Gasteiger partial charge in [0.2, 0.25) is 11.8 Å². The van der Waals surface area contributed by atoms with Crippen molar-refractivity contribution in [1.82, 2.24) is 29.9 Å². The number of aryl methyl sites for hydroxylation is 2. The van der Waals surface area contributed by atoms with E-state index in [1.807, 2.05) is 4.57 Å². The van der Waals surface area contributed by atoms with Crippen LogP contribution in [0.3, 0.4) is 0 Å². The fourth-order valence-electron chi connectivity index (χ4n) is 6.28. The third-order valence-electron chi connectivity index (χ3n) is 9.07. The molecule has 0 aromatic carbocycles. The molecule has 0 aliphatic heterocycles. The van der Waals surface area contributed by atoms with Crippen LogP contribution >= 0.6 is 11.3 Å². The maximum atomic E-state index is 13.7. The zero-order valence-corrected chi connectivity index (χ0v) is 23.2. The monoisotopic (exact) mass is 589 g/mol. The van der Waals surface area contributed by atoms with Gasteiger partial charge in [0.1, 0.15) is 24.1 Å². The number of anilines is 2. The number of fused-ring (bicyclic) bond motifs is 1. The van der Waals surface area contributed by atoms with E-state index in [2.05, 4.69) is 30.7 Å². The Morgan fingerprint density at radius 3 is 2.80 bits per heavy atom. The number of carbonyl (C=O) groups excluding carboxylic acids is 2. The summed E-state index contributed by atoms with van der Waals surface area (Å²) in [5.41, 5.74) is 1.84. The van der Waals surface area contributed by atoms with Gasteiger partial charge in [-0.1, -0.05) is 0 Å². The first-order valence-electron chi connectivity index (χ1n) is 14.0. The summed E-state index contributed by atoms with van der Waals surface area (Å²) in [5.74, 6) is 0.191. The molecule has 1 spiro atoms. The first kappa shape index (κ1) is 26.5. The van der Waals surface area contributed by atoms with Crippen molar-refractivity contribution >= 4 is 34.8 Å². The highest BCUT2D eigenvalue weighted by Gasteiger charge is 2.63. The summed E-state index contributed by atoms with van der Waals surface area (Å²) >= 11 is 1.53. The summed E-state index contributed by atoms with van der Waals surface area (Å²) in [6, 6.07) is 1.47. The number of nitrogens with one attached hydrogen (secondary N) is 2. The zero-order chi connectivity index (χ0) is 28.5. The minimum absolute atomic E-state index is 0.00449. The van der Waals surface area contributed by atoms with Crippen molar-refractivity contribution in [2.75, 3.05) is 5.32 Å². The summed E-state index contributed by atoms with van der Waals surface area (Å²) in [6.07, 6.45) is 6.73. The van der Waals surface area contributed by atoms with E-state index in [0.29, 0.717) is 29.2 Å². The number of hydrogen-bond donors (Lipinski definition) is 2. The number of amides is 1. The molecule has 4 aliphatic rings. The molecule has 1 amide bonds. The number of Topliss-reactive ketones (excluding diaryl/α,β-unsaturated/α-hetero) is 1. The van der Waals surface area contributed by atoms with Gasteiger partial charge in [0, 0.05) is 47.3 Å². The Morgan fingerprint density at radius 1 is 1.29 bits per heavy atom. The van der Waals surface area contributed by atoms with Crippen molar-refractivity contribution in [3.05, 3.63) is 33.3 Å². The van der Waals surface area contributed by atoms with Crippen molar-refractivity contribution in [3.8, 4) is 5.88 Å².